The zero-order chi connectivity index (χ0) is 15.0. The zero-order valence-corrected chi connectivity index (χ0v) is 12.9. The lowest BCUT2D eigenvalue weighted by atomic mass is 9.91. The molecule has 0 spiro atoms. The Morgan fingerprint density at radius 3 is 2.67 bits per heavy atom. The fourth-order valence-corrected chi connectivity index (χ4v) is 2.97. The Bertz CT molecular complexity index is 605. The third kappa shape index (κ3) is 2.78. The highest BCUT2D eigenvalue weighted by Gasteiger charge is 2.24. The number of H-pyrrole nitrogens is 1. The van der Waals surface area contributed by atoms with Crippen molar-refractivity contribution in [2.45, 2.75) is 32.7 Å². The minimum Gasteiger partial charge on any atom is -0.340 e. The number of aromatic nitrogens is 5. The van der Waals surface area contributed by atoms with Gasteiger partial charge in [0.25, 0.3) is 0 Å². The first kappa shape index (κ1) is 14.1. The lowest BCUT2D eigenvalue weighted by Gasteiger charge is -2.32. The largest absolute Gasteiger partial charge is 0.340 e. The van der Waals surface area contributed by atoms with Gasteiger partial charge in [0.2, 0.25) is 5.95 Å². The quantitative estimate of drug-likeness (QED) is 0.882. The second-order valence-corrected chi connectivity index (χ2v) is 5.97. The van der Waals surface area contributed by atoms with Gasteiger partial charge in [-0.3, -0.25) is 9.78 Å². The molecule has 3 rings (SSSR count). The number of nitrogens with two attached hydrogens (primary N) is 1. The summed E-state index contributed by atoms with van der Waals surface area (Å²) in [4.78, 5) is 6.85. The van der Waals surface area contributed by atoms with E-state index in [2.05, 4.69) is 32.1 Å². The van der Waals surface area contributed by atoms with Crippen LogP contribution >= 0.6 is 0 Å². The first-order valence-corrected chi connectivity index (χ1v) is 7.48. The molecule has 3 heterocycles. The van der Waals surface area contributed by atoms with E-state index < -0.39 is 0 Å². The second kappa shape index (κ2) is 5.48. The Kier molecular flexibility index (Phi) is 3.67. The minimum atomic E-state index is 0.271. The number of rotatable bonds is 3. The van der Waals surface area contributed by atoms with Crippen LogP contribution in [-0.4, -0.2) is 44.1 Å². The van der Waals surface area contributed by atoms with E-state index in [1.54, 1.807) is 4.68 Å². The molecular formula is C14H23N7. The first-order valence-electron chi connectivity index (χ1n) is 7.48. The minimum absolute atomic E-state index is 0.271. The van der Waals surface area contributed by atoms with Gasteiger partial charge in [0.1, 0.15) is 0 Å². The van der Waals surface area contributed by atoms with Gasteiger partial charge in [0, 0.05) is 32.4 Å². The Labute approximate surface area is 124 Å². The van der Waals surface area contributed by atoms with Gasteiger partial charge < -0.3 is 10.6 Å². The molecule has 7 heteroatoms. The first-order chi connectivity index (χ1) is 10.0. The predicted octanol–water partition coefficient (Wildman–Crippen LogP) is 1.08. The van der Waals surface area contributed by atoms with Gasteiger partial charge in [-0.05, 0) is 32.6 Å². The average Bonchev–Trinajstić information content (AvgIpc) is 3.05. The summed E-state index contributed by atoms with van der Waals surface area (Å²) in [5, 5.41) is 11.7. The van der Waals surface area contributed by atoms with Gasteiger partial charge in [0.15, 0.2) is 5.82 Å². The summed E-state index contributed by atoms with van der Waals surface area (Å²) in [6.07, 6.45) is 4.17. The Morgan fingerprint density at radius 2 is 2.10 bits per heavy atom. The van der Waals surface area contributed by atoms with Crippen molar-refractivity contribution in [2.24, 2.45) is 18.7 Å². The summed E-state index contributed by atoms with van der Waals surface area (Å²) < 4.78 is 1.79. The molecule has 1 saturated heterocycles. The molecule has 0 radical (unpaired) electrons. The van der Waals surface area contributed by atoms with E-state index >= 15 is 0 Å². The molecule has 0 aliphatic carbocycles. The number of anilines is 1. The number of aryl methyl sites for hydroxylation is 2. The standard InChI is InChI=1S/C14H23N7/c1-9(15)11-4-6-21(7-5-11)14-16-13(17-18-14)12-8-20(3)19-10(12)2/h8-9,11H,4-7,15H2,1-3H3,(H,16,17,18). The fraction of sp³-hybridized carbons (Fsp3) is 0.643. The van der Waals surface area contributed by atoms with Gasteiger partial charge in [-0.1, -0.05) is 0 Å². The van der Waals surface area contributed by atoms with Crippen LogP contribution in [0.15, 0.2) is 6.20 Å². The van der Waals surface area contributed by atoms with E-state index in [1.165, 1.54) is 0 Å². The highest BCUT2D eigenvalue weighted by Crippen LogP contribution is 2.25. The lowest BCUT2D eigenvalue weighted by Crippen LogP contribution is -2.40. The summed E-state index contributed by atoms with van der Waals surface area (Å²) >= 11 is 0. The Morgan fingerprint density at radius 1 is 1.38 bits per heavy atom. The van der Waals surface area contributed by atoms with E-state index in [1.807, 2.05) is 20.2 Å². The Balaban J connectivity index is 1.73. The molecule has 7 nitrogen and oxygen atoms in total. The topological polar surface area (TPSA) is 88.7 Å². The fourth-order valence-electron chi connectivity index (χ4n) is 2.97. The number of nitrogens with zero attached hydrogens (tertiary/aromatic N) is 5. The maximum absolute atomic E-state index is 5.99. The third-order valence-electron chi connectivity index (χ3n) is 4.31. The Hall–Kier alpha value is -1.89. The molecule has 2 aromatic heterocycles. The molecule has 1 aliphatic heterocycles. The van der Waals surface area contributed by atoms with Gasteiger partial charge in [-0.25, -0.2) is 0 Å². The number of aromatic amines is 1. The zero-order valence-electron chi connectivity index (χ0n) is 12.9. The second-order valence-electron chi connectivity index (χ2n) is 5.97. The van der Waals surface area contributed by atoms with Crippen LogP contribution in [0.5, 0.6) is 0 Å². The number of hydrogen-bond donors (Lipinski definition) is 2. The smallest absolute Gasteiger partial charge is 0.245 e. The van der Waals surface area contributed by atoms with E-state index in [0.29, 0.717) is 5.92 Å². The van der Waals surface area contributed by atoms with Gasteiger partial charge in [-0.2, -0.15) is 10.1 Å². The summed E-state index contributed by atoms with van der Waals surface area (Å²) in [6.45, 7) is 6.01. The molecular weight excluding hydrogens is 266 g/mol. The third-order valence-corrected chi connectivity index (χ3v) is 4.31. The summed E-state index contributed by atoms with van der Waals surface area (Å²) in [6, 6.07) is 0.271. The van der Waals surface area contributed by atoms with Crippen LogP contribution in [0.1, 0.15) is 25.5 Å². The van der Waals surface area contributed by atoms with Crippen LogP contribution in [0.3, 0.4) is 0 Å². The summed E-state index contributed by atoms with van der Waals surface area (Å²) in [5.74, 6) is 2.17. The van der Waals surface area contributed by atoms with Crippen molar-refractivity contribution in [3.63, 3.8) is 0 Å². The van der Waals surface area contributed by atoms with E-state index in [-0.39, 0.29) is 6.04 Å². The highest BCUT2D eigenvalue weighted by atomic mass is 15.4. The highest BCUT2D eigenvalue weighted by molar-refractivity contribution is 5.58. The van der Waals surface area contributed by atoms with Gasteiger partial charge in [-0.15, -0.1) is 5.10 Å². The monoisotopic (exact) mass is 289 g/mol. The number of piperidine rings is 1. The van der Waals surface area contributed by atoms with Crippen molar-refractivity contribution < 1.29 is 0 Å². The lowest BCUT2D eigenvalue weighted by molar-refractivity contribution is 0.352. The molecule has 1 aliphatic rings. The molecule has 0 bridgehead atoms. The van der Waals surface area contributed by atoms with E-state index in [4.69, 9.17) is 5.73 Å². The maximum atomic E-state index is 5.99. The molecule has 1 unspecified atom stereocenters. The van der Waals surface area contributed by atoms with E-state index in [9.17, 15) is 0 Å². The van der Waals surface area contributed by atoms with Crippen molar-refractivity contribution in [3.8, 4) is 11.4 Å². The average molecular weight is 289 g/mol. The number of nitrogens with one attached hydrogen (secondary N) is 1. The van der Waals surface area contributed by atoms with Crippen molar-refractivity contribution >= 4 is 5.95 Å². The van der Waals surface area contributed by atoms with Crippen molar-refractivity contribution in [1.29, 1.82) is 0 Å². The van der Waals surface area contributed by atoms with Crippen LogP contribution in [0, 0.1) is 12.8 Å². The van der Waals surface area contributed by atoms with E-state index in [0.717, 1.165) is 49.0 Å². The molecule has 0 saturated carbocycles. The molecule has 0 aromatic carbocycles. The normalized spacial score (nSPS) is 18.2. The summed E-state index contributed by atoms with van der Waals surface area (Å²) in [5.41, 5.74) is 7.94. The van der Waals surface area contributed by atoms with Crippen molar-refractivity contribution in [2.75, 3.05) is 18.0 Å². The predicted molar refractivity (Wildman–Crippen MR) is 81.9 cm³/mol. The van der Waals surface area contributed by atoms with Gasteiger partial charge >= 0.3 is 0 Å². The van der Waals surface area contributed by atoms with Crippen LogP contribution in [0.25, 0.3) is 11.4 Å². The van der Waals surface area contributed by atoms with Crippen LogP contribution < -0.4 is 10.6 Å². The maximum Gasteiger partial charge on any atom is 0.245 e. The molecule has 1 atom stereocenters. The number of hydrogen-bond acceptors (Lipinski definition) is 5. The SMILES string of the molecule is Cc1nn(C)cc1-c1nc(N2CCC(C(C)N)CC2)n[nH]1. The molecule has 1 fully saturated rings. The molecule has 21 heavy (non-hydrogen) atoms. The van der Waals surface area contributed by atoms with Crippen LogP contribution in [-0.2, 0) is 7.05 Å². The molecule has 114 valence electrons. The summed E-state index contributed by atoms with van der Waals surface area (Å²) in [7, 11) is 1.91. The van der Waals surface area contributed by atoms with Crippen molar-refractivity contribution in [1.82, 2.24) is 25.0 Å². The van der Waals surface area contributed by atoms with Gasteiger partial charge in [0.05, 0.1) is 11.3 Å². The molecule has 2 aromatic rings. The molecule has 0 amide bonds. The molecule has 3 N–H and O–H groups in total. The van der Waals surface area contributed by atoms with Crippen LogP contribution in [0.2, 0.25) is 0 Å². The van der Waals surface area contributed by atoms with Crippen LogP contribution in [0.4, 0.5) is 5.95 Å². The van der Waals surface area contributed by atoms with Crippen molar-refractivity contribution in [3.05, 3.63) is 11.9 Å².